The molecule has 1 saturated carbocycles. The molecule has 2 heterocycles. The Bertz CT molecular complexity index is 652. The van der Waals surface area contributed by atoms with E-state index in [0.717, 1.165) is 37.0 Å². The van der Waals surface area contributed by atoms with Crippen LogP contribution in [0.1, 0.15) is 51.1 Å². The van der Waals surface area contributed by atoms with E-state index in [9.17, 15) is 5.11 Å². The maximum absolute atomic E-state index is 10.1. The Kier molecular flexibility index (Phi) is 4.97. The lowest BCUT2D eigenvalue weighted by atomic mass is 9.86. The molecule has 0 saturated heterocycles. The number of hydrogen-bond acceptors (Lipinski definition) is 4. The highest BCUT2D eigenvalue weighted by molar-refractivity contribution is 5.75. The molecule has 0 amide bonds. The quantitative estimate of drug-likeness (QED) is 0.921. The Labute approximate surface area is 138 Å². The second-order valence-corrected chi connectivity index (χ2v) is 7.25. The summed E-state index contributed by atoms with van der Waals surface area (Å²) in [5.74, 6) is 0.411. The summed E-state index contributed by atoms with van der Waals surface area (Å²) in [7, 11) is 2.13. The molecule has 0 spiro atoms. The summed E-state index contributed by atoms with van der Waals surface area (Å²) < 4.78 is 1.96. The summed E-state index contributed by atoms with van der Waals surface area (Å²) in [6.07, 6.45) is 8.24. The first-order chi connectivity index (χ1) is 11.0. The lowest BCUT2D eigenvalue weighted by molar-refractivity contribution is 0.0501. The molecule has 2 unspecified atom stereocenters. The highest BCUT2D eigenvalue weighted by Gasteiger charge is 2.24. The minimum atomic E-state index is -0.129. The summed E-state index contributed by atoms with van der Waals surface area (Å²) in [4.78, 5) is 6.90. The van der Waals surface area contributed by atoms with Crippen molar-refractivity contribution in [3.05, 3.63) is 24.0 Å². The van der Waals surface area contributed by atoms with Gasteiger partial charge >= 0.3 is 0 Å². The van der Waals surface area contributed by atoms with Crippen LogP contribution >= 0.6 is 0 Å². The lowest BCUT2D eigenvalue weighted by Crippen LogP contribution is -2.34. The molecule has 1 aliphatic rings. The van der Waals surface area contributed by atoms with Crippen LogP contribution in [0, 0.1) is 5.92 Å². The molecule has 5 nitrogen and oxygen atoms in total. The maximum atomic E-state index is 10.1. The molecule has 23 heavy (non-hydrogen) atoms. The van der Waals surface area contributed by atoms with Crippen LogP contribution in [0.2, 0.25) is 0 Å². The fraction of sp³-hybridized carbons (Fsp3) is 0.667. The minimum Gasteiger partial charge on any atom is -0.393 e. The van der Waals surface area contributed by atoms with Gasteiger partial charge in [-0.3, -0.25) is 0 Å². The Morgan fingerprint density at radius 2 is 2.09 bits per heavy atom. The lowest BCUT2D eigenvalue weighted by Gasteiger charge is -2.31. The second kappa shape index (κ2) is 6.97. The topological polar surface area (TPSA) is 54.2 Å². The highest BCUT2D eigenvalue weighted by atomic mass is 16.3. The van der Waals surface area contributed by atoms with Gasteiger partial charge in [0, 0.05) is 30.7 Å². The van der Waals surface area contributed by atoms with Gasteiger partial charge in [0.25, 0.3) is 0 Å². The third kappa shape index (κ3) is 3.72. The van der Waals surface area contributed by atoms with Crippen LogP contribution in [0.3, 0.4) is 0 Å². The van der Waals surface area contributed by atoms with Gasteiger partial charge in [-0.1, -0.05) is 12.8 Å². The van der Waals surface area contributed by atoms with Crippen LogP contribution in [0.4, 0.5) is 0 Å². The zero-order valence-electron chi connectivity index (χ0n) is 14.4. The van der Waals surface area contributed by atoms with E-state index in [1.807, 2.05) is 17.1 Å². The van der Waals surface area contributed by atoms with Crippen molar-refractivity contribution in [2.45, 2.75) is 58.2 Å². The number of nitrogens with zero attached hydrogens (tertiary/aromatic N) is 4. The number of fused-ring (bicyclic) bond motifs is 1. The number of aliphatic hydroxyl groups excluding tert-OH is 1. The summed E-state index contributed by atoms with van der Waals surface area (Å²) in [5, 5.41) is 15.7. The SMILES string of the molecule is CC(C)n1ncc2cc(CN(C)CC3CCCCC3O)cnc21. The van der Waals surface area contributed by atoms with E-state index < -0.39 is 0 Å². The Morgan fingerprint density at radius 1 is 1.30 bits per heavy atom. The second-order valence-electron chi connectivity index (χ2n) is 7.25. The average Bonchev–Trinajstić information content (AvgIpc) is 2.93. The first kappa shape index (κ1) is 16.4. The number of aliphatic hydroxyl groups is 1. The van der Waals surface area contributed by atoms with Crippen LogP contribution in [0.25, 0.3) is 11.0 Å². The van der Waals surface area contributed by atoms with Crippen LogP contribution in [-0.2, 0) is 6.54 Å². The van der Waals surface area contributed by atoms with Crippen molar-refractivity contribution in [2.75, 3.05) is 13.6 Å². The van der Waals surface area contributed by atoms with Gasteiger partial charge in [0.05, 0.1) is 12.3 Å². The van der Waals surface area contributed by atoms with Gasteiger partial charge in [-0.2, -0.15) is 5.10 Å². The highest BCUT2D eigenvalue weighted by Crippen LogP contribution is 2.25. The fourth-order valence-corrected chi connectivity index (χ4v) is 3.63. The molecule has 0 aromatic carbocycles. The first-order valence-corrected chi connectivity index (χ1v) is 8.73. The van der Waals surface area contributed by atoms with Crippen LogP contribution in [0.15, 0.2) is 18.5 Å². The summed E-state index contributed by atoms with van der Waals surface area (Å²) in [6, 6.07) is 2.50. The zero-order valence-corrected chi connectivity index (χ0v) is 14.4. The molecule has 3 rings (SSSR count). The maximum Gasteiger partial charge on any atom is 0.157 e. The first-order valence-electron chi connectivity index (χ1n) is 8.73. The van der Waals surface area contributed by atoms with E-state index in [1.165, 1.54) is 18.4 Å². The summed E-state index contributed by atoms with van der Waals surface area (Å²) in [5.41, 5.74) is 2.16. The number of aromatic nitrogens is 3. The van der Waals surface area contributed by atoms with Crippen molar-refractivity contribution in [3.8, 4) is 0 Å². The van der Waals surface area contributed by atoms with Crippen molar-refractivity contribution in [1.29, 1.82) is 0 Å². The minimum absolute atomic E-state index is 0.129. The van der Waals surface area contributed by atoms with Gasteiger partial charge in [-0.05, 0) is 51.3 Å². The molecule has 0 radical (unpaired) electrons. The van der Waals surface area contributed by atoms with Crippen molar-refractivity contribution in [3.63, 3.8) is 0 Å². The number of hydrogen-bond donors (Lipinski definition) is 1. The number of pyridine rings is 1. The Balaban J connectivity index is 1.66. The van der Waals surface area contributed by atoms with E-state index in [1.54, 1.807) is 0 Å². The van der Waals surface area contributed by atoms with Gasteiger partial charge in [-0.15, -0.1) is 0 Å². The van der Waals surface area contributed by atoms with Crippen molar-refractivity contribution in [2.24, 2.45) is 5.92 Å². The van der Waals surface area contributed by atoms with Crippen LogP contribution in [0.5, 0.6) is 0 Å². The molecule has 0 bridgehead atoms. The third-order valence-electron chi connectivity index (χ3n) is 4.85. The predicted octanol–water partition coefficient (Wildman–Crippen LogP) is 3.00. The molecular weight excluding hydrogens is 288 g/mol. The van der Waals surface area contributed by atoms with Gasteiger partial charge in [0.15, 0.2) is 5.65 Å². The molecule has 1 aliphatic carbocycles. The van der Waals surface area contributed by atoms with Crippen molar-refractivity contribution >= 4 is 11.0 Å². The fourth-order valence-electron chi connectivity index (χ4n) is 3.63. The summed E-state index contributed by atoms with van der Waals surface area (Å²) >= 11 is 0. The van der Waals surface area contributed by atoms with Gasteiger partial charge in [0.2, 0.25) is 0 Å². The average molecular weight is 316 g/mol. The molecule has 1 N–H and O–H groups in total. The molecular formula is C18H28N4O. The van der Waals surface area contributed by atoms with Gasteiger partial charge < -0.3 is 10.0 Å². The smallest absolute Gasteiger partial charge is 0.157 e. The summed E-state index contributed by atoms with van der Waals surface area (Å²) in [6.45, 7) is 6.04. The van der Waals surface area contributed by atoms with E-state index in [2.05, 4.69) is 41.9 Å². The standard InChI is InChI=1S/C18H28N4O/c1-13(2)22-18-16(10-20-22)8-14(9-19-18)11-21(3)12-15-6-4-5-7-17(15)23/h8-10,13,15,17,23H,4-7,11-12H2,1-3H3. The Morgan fingerprint density at radius 3 is 2.83 bits per heavy atom. The molecule has 126 valence electrons. The van der Waals surface area contributed by atoms with Crippen LogP contribution in [-0.4, -0.2) is 44.5 Å². The van der Waals surface area contributed by atoms with E-state index >= 15 is 0 Å². The van der Waals surface area contributed by atoms with E-state index in [4.69, 9.17) is 0 Å². The number of rotatable bonds is 5. The Hall–Kier alpha value is -1.46. The van der Waals surface area contributed by atoms with Gasteiger partial charge in [-0.25, -0.2) is 9.67 Å². The zero-order chi connectivity index (χ0) is 16.4. The molecule has 2 aromatic heterocycles. The van der Waals surface area contributed by atoms with Crippen LogP contribution < -0.4 is 0 Å². The molecule has 1 fully saturated rings. The van der Waals surface area contributed by atoms with E-state index in [0.29, 0.717) is 12.0 Å². The van der Waals surface area contributed by atoms with Crippen molar-refractivity contribution < 1.29 is 5.11 Å². The molecule has 0 aliphatic heterocycles. The molecule has 2 aromatic rings. The normalized spacial score (nSPS) is 22.3. The van der Waals surface area contributed by atoms with Crippen molar-refractivity contribution in [1.82, 2.24) is 19.7 Å². The third-order valence-corrected chi connectivity index (χ3v) is 4.85. The predicted molar refractivity (Wildman–Crippen MR) is 92.2 cm³/mol. The molecule has 2 atom stereocenters. The van der Waals surface area contributed by atoms with Gasteiger partial charge in [0.1, 0.15) is 0 Å². The van der Waals surface area contributed by atoms with E-state index in [-0.39, 0.29) is 6.10 Å². The monoisotopic (exact) mass is 316 g/mol. The largest absolute Gasteiger partial charge is 0.393 e. The molecule has 5 heteroatoms.